The van der Waals surface area contributed by atoms with E-state index in [2.05, 4.69) is 5.32 Å². The minimum atomic E-state index is -0.442. The molecule has 1 atom stereocenters. The molecular weight excluding hydrogens is 232 g/mol. The number of carbonyl (C=O) groups is 2. The molecule has 0 saturated carbocycles. The van der Waals surface area contributed by atoms with Crippen LogP contribution in [0.5, 0.6) is 0 Å². The van der Waals surface area contributed by atoms with Crippen molar-refractivity contribution in [2.45, 2.75) is 19.8 Å². The van der Waals surface area contributed by atoms with Gasteiger partial charge in [0, 0.05) is 12.2 Å². The number of likely N-dealkylation sites (N-methyl/N-ethyl adjacent to an activating group) is 1. The molecule has 98 valence electrons. The summed E-state index contributed by atoms with van der Waals surface area (Å²) in [6.45, 7) is 3.78. The fourth-order valence-corrected chi connectivity index (χ4v) is 1.47. The third-order valence-corrected chi connectivity index (χ3v) is 2.48. The molecular formula is C13H18N2O3. The van der Waals surface area contributed by atoms with Crippen LogP contribution in [0.25, 0.3) is 0 Å². The zero-order valence-corrected chi connectivity index (χ0v) is 10.6. The monoisotopic (exact) mass is 250 g/mol. The van der Waals surface area contributed by atoms with Gasteiger partial charge in [-0.05, 0) is 31.5 Å². The first kappa shape index (κ1) is 14.0. The Morgan fingerprint density at radius 2 is 2.17 bits per heavy atom. The molecule has 18 heavy (non-hydrogen) atoms. The van der Waals surface area contributed by atoms with E-state index in [4.69, 9.17) is 10.5 Å². The van der Waals surface area contributed by atoms with E-state index < -0.39 is 11.9 Å². The number of rotatable bonds is 5. The molecule has 0 radical (unpaired) electrons. The highest BCUT2D eigenvalue weighted by molar-refractivity contribution is 5.83. The summed E-state index contributed by atoms with van der Waals surface area (Å²) in [5.41, 5.74) is 7.01. The number of esters is 1. The van der Waals surface area contributed by atoms with Gasteiger partial charge in [0.15, 0.2) is 6.61 Å². The molecule has 1 rings (SSSR count). The Morgan fingerprint density at radius 3 is 2.78 bits per heavy atom. The summed E-state index contributed by atoms with van der Waals surface area (Å²) in [6, 6.07) is 7.04. The summed E-state index contributed by atoms with van der Waals surface area (Å²) in [5.74, 6) is -1.18. The van der Waals surface area contributed by atoms with Gasteiger partial charge in [-0.3, -0.25) is 9.59 Å². The van der Waals surface area contributed by atoms with Crippen LogP contribution < -0.4 is 11.1 Å². The maximum atomic E-state index is 11.7. The second-order valence-corrected chi connectivity index (χ2v) is 3.95. The van der Waals surface area contributed by atoms with Crippen molar-refractivity contribution in [3.05, 3.63) is 29.8 Å². The molecule has 1 unspecified atom stereocenters. The number of nitrogens with two attached hydrogens (primary N) is 1. The lowest BCUT2D eigenvalue weighted by atomic mass is 10.0. The van der Waals surface area contributed by atoms with Crippen LogP contribution >= 0.6 is 0 Å². The number of anilines is 1. The van der Waals surface area contributed by atoms with Crippen LogP contribution in [0, 0.1) is 0 Å². The number of hydrogen-bond donors (Lipinski definition) is 2. The van der Waals surface area contributed by atoms with Gasteiger partial charge in [0.25, 0.3) is 5.91 Å². The number of benzene rings is 1. The zero-order chi connectivity index (χ0) is 13.5. The fourth-order valence-electron chi connectivity index (χ4n) is 1.47. The first-order valence-electron chi connectivity index (χ1n) is 5.83. The summed E-state index contributed by atoms with van der Waals surface area (Å²) in [5, 5.41) is 2.55. The van der Waals surface area contributed by atoms with Crippen molar-refractivity contribution < 1.29 is 14.3 Å². The Labute approximate surface area is 106 Å². The lowest BCUT2D eigenvalue weighted by Gasteiger charge is -2.12. The van der Waals surface area contributed by atoms with Crippen LogP contribution in [-0.4, -0.2) is 25.0 Å². The number of amides is 1. The molecule has 3 N–H and O–H groups in total. The maximum Gasteiger partial charge on any atom is 0.313 e. The molecule has 0 spiro atoms. The van der Waals surface area contributed by atoms with E-state index in [1.807, 2.05) is 0 Å². The smallest absolute Gasteiger partial charge is 0.313 e. The van der Waals surface area contributed by atoms with Crippen LogP contribution in [0.2, 0.25) is 0 Å². The van der Waals surface area contributed by atoms with Crippen LogP contribution in [-0.2, 0) is 14.3 Å². The lowest BCUT2D eigenvalue weighted by Crippen LogP contribution is -2.29. The molecule has 0 aliphatic rings. The number of ether oxygens (including phenoxy) is 1. The molecule has 1 aromatic carbocycles. The second kappa shape index (κ2) is 6.64. The highest BCUT2D eigenvalue weighted by Gasteiger charge is 2.17. The molecule has 0 aliphatic heterocycles. The van der Waals surface area contributed by atoms with E-state index in [1.165, 1.54) is 0 Å². The molecule has 0 heterocycles. The SMILES string of the molecule is CCNC(=O)COC(=O)C(C)c1cccc(N)c1. The largest absolute Gasteiger partial charge is 0.455 e. The number of nitrogen functional groups attached to an aromatic ring is 1. The van der Waals surface area contributed by atoms with E-state index in [0.717, 1.165) is 5.56 Å². The lowest BCUT2D eigenvalue weighted by molar-refractivity contribution is -0.149. The van der Waals surface area contributed by atoms with E-state index in [1.54, 1.807) is 38.1 Å². The van der Waals surface area contributed by atoms with E-state index in [0.29, 0.717) is 12.2 Å². The van der Waals surface area contributed by atoms with Crippen LogP contribution in [0.3, 0.4) is 0 Å². The van der Waals surface area contributed by atoms with Crippen LogP contribution in [0.1, 0.15) is 25.3 Å². The van der Waals surface area contributed by atoms with E-state index in [-0.39, 0.29) is 12.5 Å². The van der Waals surface area contributed by atoms with Gasteiger partial charge in [-0.15, -0.1) is 0 Å². The first-order valence-corrected chi connectivity index (χ1v) is 5.83. The Bertz CT molecular complexity index is 432. The number of carbonyl (C=O) groups excluding carboxylic acids is 2. The topological polar surface area (TPSA) is 81.4 Å². The van der Waals surface area contributed by atoms with Gasteiger partial charge in [0.2, 0.25) is 0 Å². The fraction of sp³-hybridized carbons (Fsp3) is 0.385. The van der Waals surface area contributed by atoms with E-state index >= 15 is 0 Å². The Balaban J connectivity index is 2.54. The van der Waals surface area contributed by atoms with Crippen molar-refractivity contribution in [2.75, 3.05) is 18.9 Å². The standard InChI is InChI=1S/C13H18N2O3/c1-3-15-12(16)8-18-13(17)9(2)10-5-4-6-11(14)7-10/h4-7,9H,3,8,14H2,1-2H3,(H,15,16). The molecule has 5 heteroatoms. The van der Waals surface area contributed by atoms with E-state index in [9.17, 15) is 9.59 Å². The normalized spacial score (nSPS) is 11.7. The minimum Gasteiger partial charge on any atom is -0.455 e. The predicted molar refractivity (Wildman–Crippen MR) is 68.9 cm³/mol. The third-order valence-electron chi connectivity index (χ3n) is 2.48. The minimum absolute atomic E-state index is 0.251. The van der Waals surface area contributed by atoms with Gasteiger partial charge in [-0.1, -0.05) is 12.1 Å². The van der Waals surface area contributed by atoms with Crippen LogP contribution in [0.4, 0.5) is 5.69 Å². The first-order chi connectivity index (χ1) is 8.54. The summed E-state index contributed by atoms with van der Waals surface area (Å²) in [6.07, 6.45) is 0. The molecule has 1 amide bonds. The molecule has 0 aliphatic carbocycles. The van der Waals surface area contributed by atoms with Gasteiger partial charge in [0.1, 0.15) is 0 Å². The van der Waals surface area contributed by atoms with Crippen molar-refractivity contribution in [1.29, 1.82) is 0 Å². The quantitative estimate of drug-likeness (QED) is 0.604. The van der Waals surface area contributed by atoms with Crippen molar-refractivity contribution in [2.24, 2.45) is 0 Å². The number of nitrogens with one attached hydrogen (secondary N) is 1. The Hall–Kier alpha value is -2.04. The maximum absolute atomic E-state index is 11.7. The average Bonchev–Trinajstić information content (AvgIpc) is 2.35. The summed E-state index contributed by atoms with van der Waals surface area (Å²) in [7, 11) is 0. The summed E-state index contributed by atoms with van der Waals surface area (Å²) in [4.78, 5) is 22.9. The number of hydrogen-bond acceptors (Lipinski definition) is 4. The summed E-state index contributed by atoms with van der Waals surface area (Å²) >= 11 is 0. The van der Waals surface area contributed by atoms with Crippen LogP contribution in [0.15, 0.2) is 24.3 Å². The highest BCUT2D eigenvalue weighted by atomic mass is 16.5. The van der Waals surface area contributed by atoms with Crippen molar-refractivity contribution in [3.8, 4) is 0 Å². The third kappa shape index (κ3) is 4.08. The Kier molecular flexibility index (Phi) is 5.17. The van der Waals surface area contributed by atoms with Gasteiger partial charge < -0.3 is 15.8 Å². The zero-order valence-electron chi connectivity index (χ0n) is 10.6. The molecule has 0 aromatic heterocycles. The molecule has 0 saturated heterocycles. The Morgan fingerprint density at radius 1 is 1.44 bits per heavy atom. The van der Waals surface area contributed by atoms with Crippen molar-refractivity contribution in [3.63, 3.8) is 0 Å². The van der Waals surface area contributed by atoms with Gasteiger partial charge in [-0.2, -0.15) is 0 Å². The summed E-state index contributed by atoms with van der Waals surface area (Å²) < 4.78 is 4.92. The second-order valence-electron chi connectivity index (χ2n) is 3.95. The van der Waals surface area contributed by atoms with Crippen molar-refractivity contribution in [1.82, 2.24) is 5.32 Å². The molecule has 5 nitrogen and oxygen atoms in total. The van der Waals surface area contributed by atoms with Gasteiger partial charge in [0.05, 0.1) is 5.92 Å². The molecule has 0 bridgehead atoms. The van der Waals surface area contributed by atoms with Gasteiger partial charge in [-0.25, -0.2) is 0 Å². The predicted octanol–water partition coefficient (Wildman–Crippen LogP) is 1.05. The molecule has 0 fully saturated rings. The molecule has 1 aromatic rings. The van der Waals surface area contributed by atoms with Gasteiger partial charge >= 0.3 is 5.97 Å². The van der Waals surface area contributed by atoms with Crippen molar-refractivity contribution >= 4 is 17.6 Å². The highest BCUT2D eigenvalue weighted by Crippen LogP contribution is 2.18. The average molecular weight is 250 g/mol.